The van der Waals surface area contributed by atoms with E-state index in [-0.39, 0.29) is 5.91 Å². The van der Waals surface area contributed by atoms with Crippen molar-refractivity contribution in [2.24, 2.45) is 13.0 Å². The molecule has 3 aromatic rings. The molecule has 8 heteroatoms. The summed E-state index contributed by atoms with van der Waals surface area (Å²) in [6.45, 7) is 6.35. The first-order valence-corrected chi connectivity index (χ1v) is 10.2. The summed E-state index contributed by atoms with van der Waals surface area (Å²) < 4.78 is 7.50. The van der Waals surface area contributed by atoms with Gasteiger partial charge in [-0.3, -0.25) is 9.48 Å². The Hall–Kier alpha value is -2.87. The highest BCUT2D eigenvalue weighted by Gasteiger charge is 2.17. The minimum atomic E-state index is -0.251. The largest absolute Gasteiger partial charge is 0.478 e. The predicted molar refractivity (Wildman–Crippen MR) is 112 cm³/mol. The van der Waals surface area contributed by atoms with Crippen molar-refractivity contribution >= 4 is 22.8 Å². The maximum Gasteiger partial charge on any atom is 0.260 e. The number of rotatable bonds is 7. The number of fused-ring (bicyclic) bond motifs is 1. The predicted octanol–water partition coefficient (Wildman–Crippen LogP) is 3.05. The Morgan fingerprint density at radius 1 is 1.38 bits per heavy atom. The molecule has 1 saturated heterocycles. The molecule has 29 heavy (non-hydrogen) atoms. The lowest BCUT2D eigenvalue weighted by Crippen LogP contribution is -2.35. The van der Waals surface area contributed by atoms with Crippen LogP contribution >= 0.6 is 0 Å². The second-order valence-corrected chi connectivity index (χ2v) is 7.83. The third-order valence-corrected chi connectivity index (χ3v) is 5.31. The van der Waals surface area contributed by atoms with Crippen molar-refractivity contribution < 1.29 is 9.53 Å². The van der Waals surface area contributed by atoms with Crippen molar-refractivity contribution in [3.63, 3.8) is 0 Å². The first-order valence-electron chi connectivity index (χ1n) is 10.2. The van der Waals surface area contributed by atoms with Gasteiger partial charge in [0, 0.05) is 44.7 Å². The molecule has 3 aromatic heterocycles. The Morgan fingerprint density at radius 2 is 2.28 bits per heavy atom. The molecule has 1 aliphatic heterocycles. The molecule has 1 amide bonds. The van der Waals surface area contributed by atoms with Crippen molar-refractivity contribution in [2.45, 2.75) is 26.2 Å². The molecular weight excluding hydrogens is 368 g/mol. The summed E-state index contributed by atoms with van der Waals surface area (Å²) in [5.41, 5.74) is 1.87. The second kappa shape index (κ2) is 8.65. The van der Waals surface area contributed by atoms with Gasteiger partial charge >= 0.3 is 0 Å². The van der Waals surface area contributed by atoms with Gasteiger partial charge < -0.3 is 19.9 Å². The molecule has 0 aromatic carbocycles. The molecule has 0 radical (unpaired) electrons. The fraction of sp³-hybridized carbons (Fsp3) is 0.476. The lowest BCUT2D eigenvalue weighted by Gasteiger charge is -2.30. The lowest BCUT2D eigenvalue weighted by atomic mass is 10.0. The molecule has 0 aliphatic carbocycles. The average Bonchev–Trinajstić information content (AvgIpc) is 3.31. The maximum absolute atomic E-state index is 12.6. The second-order valence-electron chi connectivity index (χ2n) is 7.83. The Kier molecular flexibility index (Phi) is 5.80. The summed E-state index contributed by atoms with van der Waals surface area (Å²) >= 11 is 0. The highest BCUT2D eigenvalue weighted by molar-refractivity contribution is 6.11. The fourth-order valence-electron chi connectivity index (χ4n) is 3.85. The molecule has 1 unspecified atom stereocenters. The molecule has 1 fully saturated rings. The molecule has 0 spiro atoms. The molecule has 1 aliphatic rings. The van der Waals surface area contributed by atoms with Gasteiger partial charge in [-0.05, 0) is 37.8 Å². The fourth-order valence-corrected chi connectivity index (χ4v) is 3.85. The zero-order valence-corrected chi connectivity index (χ0v) is 17.0. The highest BCUT2D eigenvalue weighted by Crippen LogP contribution is 2.21. The maximum atomic E-state index is 12.6. The highest BCUT2D eigenvalue weighted by atomic mass is 16.5. The van der Waals surface area contributed by atoms with Crippen LogP contribution in [0.15, 0.2) is 30.6 Å². The smallest absolute Gasteiger partial charge is 0.260 e. The van der Waals surface area contributed by atoms with Crippen molar-refractivity contribution in [3.8, 4) is 5.88 Å². The number of nitrogens with one attached hydrogen (secondary N) is 2. The number of hydrogen-bond acceptors (Lipinski definition) is 5. The Labute approximate surface area is 170 Å². The van der Waals surface area contributed by atoms with Crippen LogP contribution in [0.4, 0.5) is 5.82 Å². The Morgan fingerprint density at radius 3 is 3.07 bits per heavy atom. The summed E-state index contributed by atoms with van der Waals surface area (Å²) in [7, 11) is 1.80. The third kappa shape index (κ3) is 4.76. The zero-order chi connectivity index (χ0) is 20.2. The molecule has 4 heterocycles. The van der Waals surface area contributed by atoms with Gasteiger partial charge in [0.15, 0.2) is 5.82 Å². The molecular formula is C21H28N6O2. The van der Waals surface area contributed by atoms with Crippen LogP contribution in [0.1, 0.15) is 36.5 Å². The summed E-state index contributed by atoms with van der Waals surface area (Å²) in [5.74, 6) is 1.58. The quantitative estimate of drug-likeness (QED) is 0.599. The van der Waals surface area contributed by atoms with Gasteiger partial charge in [0.25, 0.3) is 5.91 Å². The number of H-pyrrole nitrogens is 1. The Balaban J connectivity index is 1.35. The van der Waals surface area contributed by atoms with E-state index in [1.807, 2.05) is 12.1 Å². The Bertz CT molecular complexity index is 979. The van der Waals surface area contributed by atoms with E-state index in [9.17, 15) is 4.79 Å². The van der Waals surface area contributed by atoms with Gasteiger partial charge in [-0.15, -0.1) is 0 Å². The average molecular weight is 396 g/mol. The minimum Gasteiger partial charge on any atom is -0.478 e. The van der Waals surface area contributed by atoms with Crippen LogP contribution in [0.5, 0.6) is 5.88 Å². The van der Waals surface area contributed by atoms with E-state index < -0.39 is 0 Å². The van der Waals surface area contributed by atoms with Crippen LogP contribution < -0.4 is 10.1 Å². The zero-order valence-electron chi connectivity index (χ0n) is 17.0. The number of anilines is 1. The standard InChI is InChI=1S/C21H28N6O2/c1-15-5-3-9-27(14-15)10-4-12-29-19-7-6-17-20(24-19)16(13-22-17)21(28)23-18-8-11-26(2)25-18/h6-8,11,13,15,22H,3-5,9-10,12,14H2,1-2H3,(H,23,25,28). The van der Waals surface area contributed by atoms with Crippen LogP contribution in [0.25, 0.3) is 11.0 Å². The molecule has 4 rings (SSSR count). The number of aryl methyl sites for hydroxylation is 1. The number of nitrogens with zero attached hydrogens (tertiary/aromatic N) is 4. The number of piperidine rings is 1. The van der Waals surface area contributed by atoms with Crippen LogP contribution in [0.2, 0.25) is 0 Å². The lowest BCUT2D eigenvalue weighted by molar-refractivity contribution is 0.102. The number of amides is 1. The van der Waals surface area contributed by atoms with Crippen LogP contribution in [0, 0.1) is 5.92 Å². The van der Waals surface area contributed by atoms with Crippen molar-refractivity contribution in [1.29, 1.82) is 0 Å². The topological polar surface area (TPSA) is 88.1 Å². The molecule has 2 N–H and O–H groups in total. The number of pyridine rings is 1. The van der Waals surface area contributed by atoms with Gasteiger partial charge in [0.05, 0.1) is 17.7 Å². The van der Waals surface area contributed by atoms with E-state index in [4.69, 9.17) is 4.74 Å². The number of ether oxygens (including phenoxy) is 1. The molecule has 1 atom stereocenters. The van der Waals surface area contributed by atoms with Crippen LogP contribution in [-0.4, -0.2) is 56.8 Å². The summed E-state index contributed by atoms with van der Waals surface area (Å²) in [5, 5.41) is 6.97. The minimum absolute atomic E-state index is 0.251. The third-order valence-electron chi connectivity index (χ3n) is 5.31. The molecule has 0 bridgehead atoms. The van der Waals surface area contributed by atoms with E-state index in [1.165, 1.54) is 25.9 Å². The van der Waals surface area contributed by atoms with Gasteiger partial charge in [-0.25, -0.2) is 4.98 Å². The van der Waals surface area contributed by atoms with E-state index in [0.29, 0.717) is 29.4 Å². The number of carbonyl (C=O) groups excluding carboxylic acids is 1. The van der Waals surface area contributed by atoms with Crippen molar-refractivity contribution in [3.05, 3.63) is 36.2 Å². The molecule has 0 saturated carbocycles. The van der Waals surface area contributed by atoms with Gasteiger partial charge in [0.2, 0.25) is 5.88 Å². The van der Waals surface area contributed by atoms with E-state index >= 15 is 0 Å². The number of hydrogen-bond donors (Lipinski definition) is 2. The number of likely N-dealkylation sites (tertiary alicyclic amines) is 1. The number of aromatic nitrogens is 4. The number of carbonyl (C=O) groups is 1. The summed E-state index contributed by atoms with van der Waals surface area (Å²) in [6.07, 6.45) is 7.03. The van der Waals surface area contributed by atoms with Crippen LogP contribution in [-0.2, 0) is 7.05 Å². The first kappa shape index (κ1) is 19.4. The van der Waals surface area contributed by atoms with Gasteiger partial charge in [0.1, 0.15) is 5.52 Å². The van der Waals surface area contributed by atoms with Crippen molar-refractivity contribution in [2.75, 3.05) is 31.6 Å². The van der Waals surface area contributed by atoms with E-state index in [0.717, 1.165) is 24.4 Å². The van der Waals surface area contributed by atoms with Gasteiger partial charge in [-0.1, -0.05) is 6.92 Å². The first-order chi connectivity index (χ1) is 14.1. The monoisotopic (exact) mass is 396 g/mol. The molecule has 154 valence electrons. The summed E-state index contributed by atoms with van der Waals surface area (Å²) in [4.78, 5) is 22.8. The van der Waals surface area contributed by atoms with Crippen LogP contribution in [0.3, 0.4) is 0 Å². The number of aromatic amines is 1. The SMILES string of the molecule is CC1CCCN(CCCOc2ccc3[nH]cc(C(=O)Nc4ccn(C)n4)c3n2)C1. The van der Waals surface area contributed by atoms with Crippen molar-refractivity contribution in [1.82, 2.24) is 24.6 Å². The van der Waals surface area contributed by atoms with E-state index in [2.05, 4.69) is 32.2 Å². The summed E-state index contributed by atoms with van der Waals surface area (Å²) in [6, 6.07) is 5.47. The van der Waals surface area contributed by atoms with E-state index in [1.54, 1.807) is 30.2 Å². The van der Waals surface area contributed by atoms with Gasteiger partial charge in [-0.2, -0.15) is 5.10 Å². The molecule has 8 nitrogen and oxygen atoms in total. The normalized spacial score (nSPS) is 17.5.